The van der Waals surface area contributed by atoms with E-state index >= 15 is 0 Å². The van der Waals surface area contributed by atoms with E-state index in [-0.39, 0.29) is 0 Å². The van der Waals surface area contributed by atoms with Gasteiger partial charge in [0.25, 0.3) is 0 Å². The molecule has 0 saturated carbocycles. The van der Waals surface area contributed by atoms with E-state index in [0.29, 0.717) is 24.0 Å². The van der Waals surface area contributed by atoms with E-state index in [1.807, 2.05) is 72.8 Å². The van der Waals surface area contributed by atoms with Crippen LogP contribution in [0.3, 0.4) is 0 Å². The van der Waals surface area contributed by atoms with Crippen LogP contribution in [0.15, 0.2) is 82.9 Å². The molecule has 4 rings (SSSR count). The highest BCUT2D eigenvalue weighted by Crippen LogP contribution is 2.28. The van der Waals surface area contributed by atoms with Gasteiger partial charge in [0.05, 0.1) is 36.7 Å². The highest BCUT2D eigenvalue weighted by molar-refractivity contribution is 6.00. The van der Waals surface area contributed by atoms with Crippen molar-refractivity contribution in [1.82, 2.24) is 15.4 Å². The standard InChI is InChI=1S/C28H31N5O2/c1-3-4-5-11-18-35-25-17-16-21(19-26(25)34-2)20-29-33-28(30-22-12-7-6-8-13-22)27-31-23-14-9-10-15-24(23)32-27/h6-10,12-17,19-20H,3-5,11,18H2,1-2H3,(H,30,33)(H,31,32). The largest absolute Gasteiger partial charge is 0.493 e. The SMILES string of the molecule is CCCCCCOc1ccc(C=NNC(=Nc2ccccc2)c2nc3ccccc3[nH]2)cc1OC. The molecule has 35 heavy (non-hydrogen) atoms. The second-order valence-corrected chi connectivity index (χ2v) is 8.09. The summed E-state index contributed by atoms with van der Waals surface area (Å²) in [7, 11) is 1.64. The van der Waals surface area contributed by atoms with Gasteiger partial charge >= 0.3 is 0 Å². The summed E-state index contributed by atoms with van der Waals surface area (Å²) in [6.45, 7) is 2.88. The number of aliphatic imine (C=N–C) groups is 1. The number of hydrazone groups is 1. The van der Waals surface area contributed by atoms with Crippen molar-refractivity contribution in [3.05, 3.63) is 84.2 Å². The van der Waals surface area contributed by atoms with Crippen molar-refractivity contribution in [3.63, 3.8) is 0 Å². The van der Waals surface area contributed by atoms with Crippen LogP contribution in [0.1, 0.15) is 44.0 Å². The first-order valence-corrected chi connectivity index (χ1v) is 12.0. The highest BCUT2D eigenvalue weighted by Gasteiger charge is 2.10. The lowest BCUT2D eigenvalue weighted by Crippen LogP contribution is -2.20. The number of benzene rings is 3. The van der Waals surface area contributed by atoms with Crippen molar-refractivity contribution in [1.29, 1.82) is 0 Å². The molecule has 0 aliphatic heterocycles. The highest BCUT2D eigenvalue weighted by atomic mass is 16.5. The number of methoxy groups -OCH3 is 1. The van der Waals surface area contributed by atoms with Gasteiger partial charge in [0.2, 0.25) is 0 Å². The summed E-state index contributed by atoms with van der Waals surface area (Å²) in [5, 5.41) is 4.42. The van der Waals surface area contributed by atoms with Gasteiger partial charge in [-0.05, 0) is 54.4 Å². The fraction of sp³-hybridized carbons (Fsp3) is 0.250. The molecule has 0 saturated heterocycles. The van der Waals surface area contributed by atoms with Crippen molar-refractivity contribution >= 4 is 28.8 Å². The maximum absolute atomic E-state index is 5.91. The van der Waals surface area contributed by atoms with Crippen LogP contribution in [0.25, 0.3) is 11.0 Å². The van der Waals surface area contributed by atoms with E-state index in [0.717, 1.165) is 34.5 Å². The summed E-state index contributed by atoms with van der Waals surface area (Å²) >= 11 is 0. The van der Waals surface area contributed by atoms with Crippen molar-refractivity contribution in [2.24, 2.45) is 10.1 Å². The summed E-state index contributed by atoms with van der Waals surface area (Å²) < 4.78 is 11.4. The fourth-order valence-corrected chi connectivity index (χ4v) is 3.59. The van der Waals surface area contributed by atoms with E-state index in [2.05, 4.69) is 27.4 Å². The van der Waals surface area contributed by atoms with Gasteiger partial charge in [0, 0.05) is 0 Å². The van der Waals surface area contributed by atoms with E-state index in [9.17, 15) is 0 Å². The number of nitrogens with zero attached hydrogens (tertiary/aromatic N) is 3. The number of H-pyrrole nitrogens is 1. The third-order valence-corrected chi connectivity index (χ3v) is 5.44. The van der Waals surface area contributed by atoms with E-state index < -0.39 is 0 Å². The molecule has 0 amide bonds. The number of nitrogens with one attached hydrogen (secondary N) is 2. The van der Waals surface area contributed by atoms with Gasteiger partial charge in [0.1, 0.15) is 0 Å². The minimum atomic E-state index is 0.516. The molecule has 0 fully saturated rings. The number of unbranched alkanes of at least 4 members (excludes halogenated alkanes) is 3. The molecular formula is C28H31N5O2. The molecule has 0 atom stereocenters. The van der Waals surface area contributed by atoms with Crippen LogP contribution in [0.5, 0.6) is 11.5 Å². The van der Waals surface area contributed by atoms with E-state index in [1.165, 1.54) is 19.3 Å². The number of para-hydroxylation sites is 3. The molecule has 1 aromatic heterocycles. The van der Waals surface area contributed by atoms with Crippen LogP contribution < -0.4 is 14.9 Å². The Bertz CT molecular complexity index is 1250. The average Bonchev–Trinajstić information content (AvgIpc) is 3.33. The van der Waals surface area contributed by atoms with Crippen LogP contribution in [0.2, 0.25) is 0 Å². The Morgan fingerprint density at radius 2 is 1.80 bits per heavy atom. The minimum Gasteiger partial charge on any atom is -0.493 e. The molecular weight excluding hydrogens is 438 g/mol. The summed E-state index contributed by atoms with van der Waals surface area (Å²) in [5.74, 6) is 2.54. The van der Waals surface area contributed by atoms with Crippen LogP contribution in [0, 0.1) is 0 Å². The van der Waals surface area contributed by atoms with E-state index in [1.54, 1.807) is 13.3 Å². The van der Waals surface area contributed by atoms with Gasteiger partial charge in [0.15, 0.2) is 23.2 Å². The fourth-order valence-electron chi connectivity index (χ4n) is 3.59. The van der Waals surface area contributed by atoms with Crippen molar-refractivity contribution in [2.45, 2.75) is 32.6 Å². The third-order valence-electron chi connectivity index (χ3n) is 5.44. The van der Waals surface area contributed by atoms with Gasteiger partial charge < -0.3 is 14.5 Å². The molecule has 4 aromatic rings. The van der Waals surface area contributed by atoms with E-state index in [4.69, 9.17) is 14.5 Å². The Hall–Kier alpha value is -4.13. The topological polar surface area (TPSA) is 83.9 Å². The minimum absolute atomic E-state index is 0.516. The quantitative estimate of drug-likeness (QED) is 0.118. The molecule has 0 spiro atoms. The lowest BCUT2D eigenvalue weighted by atomic mass is 10.2. The number of ether oxygens (including phenoxy) is 2. The molecule has 2 N–H and O–H groups in total. The lowest BCUT2D eigenvalue weighted by molar-refractivity contribution is 0.285. The Morgan fingerprint density at radius 1 is 0.971 bits per heavy atom. The smallest absolute Gasteiger partial charge is 0.190 e. The number of aromatic amines is 1. The van der Waals surface area contributed by atoms with Gasteiger partial charge in [-0.1, -0.05) is 56.5 Å². The molecule has 7 nitrogen and oxygen atoms in total. The second-order valence-electron chi connectivity index (χ2n) is 8.09. The van der Waals surface area contributed by atoms with Gasteiger partial charge in [-0.2, -0.15) is 5.10 Å². The van der Waals surface area contributed by atoms with Crippen LogP contribution >= 0.6 is 0 Å². The van der Waals surface area contributed by atoms with Crippen molar-refractivity contribution < 1.29 is 9.47 Å². The Kier molecular flexibility index (Phi) is 8.48. The molecule has 0 radical (unpaired) electrons. The predicted molar refractivity (Wildman–Crippen MR) is 142 cm³/mol. The molecule has 0 aliphatic rings. The van der Waals surface area contributed by atoms with Crippen LogP contribution in [-0.2, 0) is 0 Å². The Balaban J connectivity index is 1.49. The molecule has 7 heteroatoms. The van der Waals surface area contributed by atoms with Crippen molar-refractivity contribution in [3.8, 4) is 11.5 Å². The predicted octanol–water partition coefficient (Wildman–Crippen LogP) is 6.23. The van der Waals surface area contributed by atoms with Crippen LogP contribution in [-0.4, -0.2) is 35.7 Å². The van der Waals surface area contributed by atoms with Gasteiger partial charge in [-0.25, -0.2) is 9.98 Å². The average molecular weight is 470 g/mol. The summed E-state index contributed by atoms with van der Waals surface area (Å²) in [5.41, 5.74) is 6.52. The zero-order valence-corrected chi connectivity index (χ0v) is 20.2. The molecule has 3 aromatic carbocycles. The van der Waals surface area contributed by atoms with Gasteiger partial charge in [-0.15, -0.1) is 0 Å². The zero-order valence-electron chi connectivity index (χ0n) is 20.2. The summed E-state index contributed by atoms with van der Waals surface area (Å²) in [4.78, 5) is 12.7. The molecule has 0 aliphatic carbocycles. The number of aromatic nitrogens is 2. The molecule has 0 unspecified atom stereocenters. The Labute approximate surface area is 205 Å². The summed E-state index contributed by atoms with van der Waals surface area (Å²) in [6, 6.07) is 23.3. The number of amidine groups is 1. The number of hydrogen-bond acceptors (Lipinski definition) is 5. The number of fused-ring (bicyclic) bond motifs is 1. The lowest BCUT2D eigenvalue weighted by Gasteiger charge is -2.11. The normalized spacial score (nSPS) is 11.8. The third kappa shape index (κ3) is 6.69. The monoisotopic (exact) mass is 469 g/mol. The molecule has 0 bridgehead atoms. The Morgan fingerprint density at radius 3 is 2.60 bits per heavy atom. The van der Waals surface area contributed by atoms with Crippen molar-refractivity contribution in [2.75, 3.05) is 13.7 Å². The number of hydrogen-bond donors (Lipinski definition) is 2. The maximum atomic E-state index is 5.91. The number of imidazole rings is 1. The molecule has 180 valence electrons. The second kappa shape index (κ2) is 12.4. The zero-order chi connectivity index (χ0) is 24.3. The summed E-state index contributed by atoms with van der Waals surface area (Å²) in [6.07, 6.45) is 6.37. The number of rotatable bonds is 11. The van der Waals surface area contributed by atoms with Crippen LogP contribution in [0.4, 0.5) is 5.69 Å². The first-order valence-electron chi connectivity index (χ1n) is 12.0. The maximum Gasteiger partial charge on any atom is 0.190 e. The molecule has 1 heterocycles. The first kappa shape index (κ1) is 24.0. The van der Waals surface area contributed by atoms with Gasteiger partial charge in [-0.3, -0.25) is 5.43 Å². The first-order chi connectivity index (χ1) is 17.3.